The van der Waals surface area contributed by atoms with Gasteiger partial charge in [0, 0.05) is 6.54 Å². The highest BCUT2D eigenvalue weighted by Gasteiger charge is 2.31. The van der Waals surface area contributed by atoms with Crippen molar-refractivity contribution in [2.75, 3.05) is 19.6 Å². The zero-order chi connectivity index (χ0) is 12.0. The highest BCUT2D eigenvalue weighted by atomic mass is 16.4. The van der Waals surface area contributed by atoms with Crippen molar-refractivity contribution in [1.82, 2.24) is 10.2 Å². The molecule has 0 spiro atoms. The van der Waals surface area contributed by atoms with Gasteiger partial charge in [0.2, 0.25) is 5.91 Å². The van der Waals surface area contributed by atoms with E-state index < -0.39 is 12.0 Å². The molecule has 0 bridgehead atoms. The van der Waals surface area contributed by atoms with E-state index in [-0.39, 0.29) is 12.5 Å². The van der Waals surface area contributed by atoms with Crippen molar-refractivity contribution in [3.8, 4) is 12.3 Å². The molecule has 5 nitrogen and oxygen atoms in total. The summed E-state index contributed by atoms with van der Waals surface area (Å²) in [6.45, 7) is 0.943. The lowest BCUT2D eigenvalue weighted by Gasteiger charge is -2.32. The summed E-state index contributed by atoms with van der Waals surface area (Å²) in [7, 11) is 0. The molecule has 0 unspecified atom stereocenters. The molecular weight excluding hydrogens is 208 g/mol. The first kappa shape index (κ1) is 12.5. The van der Waals surface area contributed by atoms with Crippen LogP contribution in [0.4, 0.5) is 0 Å². The summed E-state index contributed by atoms with van der Waals surface area (Å²) in [6, 6.07) is -0.672. The average Bonchev–Trinajstić information content (AvgIpc) is 2.29. The Morgan fingerprint density at radius 2 is 2.25 bits per heavy atom. The molecule has 88 valence electrons. The lowest BCUT2D eigenvalue weighted by atomic mass is 10.0. The number of carbonyl (C=O) groups excluding carboxylic acids is 1. The fourth-order valence-corrected chi connectivity index (χ4v) is 1.83. The number of hydrogen-bond donors (Lipinski definition) is 2. The average molecular weight is 224 g/mol. The lowest BCUT2D eigenvalue weighted by molar-refractivity contribution is -0.151. The molecule has 1 aliphatic heterocycles. The molecule has 1 amide bonds. The number of piperidine rings is 1. The van der Waals surface area contributed by atoms with Crippen LogP contribution < -0.4 is 5.32 Å². The molecule has 1 heterocycles. The van der Waals surface area contributed by atoms with Crippen LogP contribution in [0.5, 0.6) is 0 Å². The van der Waals surface area contributed by atoms with Gasteiger partial charge < -0.3 is 10.0 Å². The molecule has 16 heavy (non-hydrogen) atoms. The molecule has 1 fully saturated rings. The first-order valence-corrected chi connectivity index (χ1v) is 5.33. The Morgan fingerprint density at radius 1 is 1.50 bits per heavy atom. The number of nitrogens with one attached hydrogen (secondary N) is 1. The van der Waals surface area contributed by atoms with E-state index in [1.807, 2.05) is 0 Å². The van der Waals surface area contributed by atoms with Crippen LogP contribution in [-0.4, -0.2) is 47.6 Å². The van der Waals surface area contributed by atoms with Crippen LogP contribution in [0.25, 0.3) is 0 Å². The number of aliphatic carboxylic acids is 1. The number of carboxylic acids is 1. The van der Waals surface area contributed by atoms with Crippen molar-refractivity contribution in [2.45, 2.75) is 25.3 Å². The van der Waals surface area contributed by atoms with E-state index in [9.17, 15) is 9.59 Å². The van der Waals surface area contributed by atoms with E-state index in [1.54, 1.807) is 0 Å². The molecule has 0 aromatic rings. The Labute approximate surface area is 94.8 Å². The van der Waals surface area contributed by atoms with Crippen molar-refractivity contribution < 1.29 is 14.7 Å². The van der Waals surface area contributed by atoms with Crippen LogP contribution in [-0.2, 0) is 9.59 Å². The fraction of sp³-hybridized carbons (Fsp3) is 0.636. The highest BCUT2D eigenvalue weighted by Crippen LogP contribution is 2.16. The van der Waals surface area contributed by atoms with Crippen molar-refractivity contribution in [3.63, 3.8) is 0 Å². The maximum absolute atomic E-state index is 11.7. The normalized spacial score (nSPS) is 20.2. The Morgan fingerprint density at radius 3 is 2.88 bits per heavy atom. The van der Waals surface area contributed by atoms with E-state index in [1.165, 1.54) is 4.90 Å². The molecule has 1 rings (SSSR count). The monoisotopic (exact) mass is 224 g/mol. The van der Waals surface area contributed by atoms with Gasteiger partial charge in [-0.1, -0.05) is 5.92 Å². The minimum absolute atomic E-state index is 0.105. The van der Waals surface area contributed by atoms with E-state index >= 15 is 0 Å². The Bertz CT molecular complexity index is 309. The number of amides is 1. The Hall–Kier alpha value is -1.54. The first-order valence-electron chi connectivity index (χ1n) is 5.33. The number of terminal acetylenes is 1. The zero-order valence-corrected chi connectivity index (χ0v) is 9.11. The minimum Gasteiger partial charge on any atom is -0.480 e. The van der Waals surface area contributed by atoms with Gasteiger partial charge in [-0.05, 0) is 19.3 Å². The van der Waals surface area contributed by atoms with Crippen LogP contribution >= 0.6 is 0 Å². The third-order valence-corrected chi connectivity index (χ3v) is 2.61. The second-order valence-electron chi connectivity index (χ2n) is 3.74. The lowest BCUT2D eigenvalue weighted by Crippen LogP contribution is -2.50. The van der Waals surface area contributed by atoms with Crippen molar-refractivity contribution >= 4 is 11.9 Å². The second kappa shape index (κ2) is 6.13. The number of rotatable bonds is 4. The SMILES string of the molecule is C#CCNCC(=O)N1CCCC[C@H]1C(=O)O. The number of hydrogen-bond acceptors (Lipinski definition) is 3. The first-order chi connectivity index (χ1) is 7.66. The maximum Gasteiger partial charge on any atom is 0.326 e. The van der Waals surface area contributed by atoms with Crippen LogP contribution in [0.3, 0.4) is 0 Å². The van der Waals surface area contributed by atoms with Gasteiger partial charge in [-0.2, -0.15) is 0 Å². The largest absolute Gasteiger partial charge is 0.480 e. The van der Waals surface area contributed by atoms with Gasteiger partial charge >= 0.3 is 5.97 Å². The summed E-state index contributed by atoms with van der Waals surface area (Å²) in [5.74, 6) is 1.24. The third kappa shape index (κ3) is 3.24. The molecule has 0 saturated carbocycles. The zero-order valence-electron chi connectivity index (χ0n) is 9.11. The van der Waals surface area contributed by atoms with Gasteiger partial charge in [-0.25, -0.2) is 4.79 Å². The summed E-state index contributed by atoms with van der Waals surface area (Å²) in [5.41, 5.74) is 0. The van der Waals surface area contributed by atoms with Gasteiger partial charge in [0.15, 0.2) is 0 Å². The Balaban J connectivity index is 2.51. The van der Waals surface area contributed by atoms with Gasteiger partial charge in [-0.3, -0.25) is 10.1 Å². The standard InChI is InChI=1S/C11H16N2O3/c1-2-6-12-8-10(14)13-7-4-3-5-9(13)11(15)16/h1,9,12H,3-8H2,(H,15,16)/t9-/m0/s1. The quantitative estimate of drug-likeness (QED) is 0.507. The van der Waals surface area contributed by atoms with E-state index in [2.05, 4.69) is 11.2 Å². The number of carboxylic acid groups (broad SMARTS) is 1. The van der Waals surface area contributed by atoms with Crippen molar-refractivity contribution in [2.24, 2.45) is 0 Å². The van der Waals surface area contributed by atoms with Crippen LogP contribution in [0.1, 0.15) is 19.3 Å². The van der Waals surface area contributed by atoms with Crippen LogP contribution in [0.2, 0.25) is 0 Å². The Kier molecular flexibility index (Phi) is 4.80. The molecule has 0 aromatic carbocycles. The minimum atomic E-state index is -0.926. The molecule has 1 saturated heterocycles. The van der Waals surface area contributed by atoms with Gasteiger partial charge in [0.05, 0.1) is 13.1 Å². The van der Waals surface area contributed by atoms with Gasteiger partial charge in [-0.15, -0.1) is 6.42 Å². The predicted octanol–water partition coefficient (Wildman–Crippen LogP) is -0.325. The topological polar surface area (TPSA) is 69.6 Å². The predicted molar refractivity (Wildman–Crippen MR) is 58.7 cm³/mol. The van der Waals surface area contributed by atoms with E-state index in [0.717, 1.165) is 12.8 Å². The maximum atomic E-state index is 11.7. The summed E-state index contributed by atoms with van der Waals surface area (Å²) in [5, 5.41) is 11.8. The molecule has 5 heteroatoms. The van der Waals surface area contributed by atoms with Crippen molar-refractivity contribution in [3.05, 3.63) is 0 Å². The van der Waals surface area contributed by atoms with Crippen LogP contribution in [0.15, 0.2) is 0 Å². The summed E-state index contributed by atoms with van der Waals surface area (Å²) in [4.78, 5) is 24.1. The molecule has 0 aromatic heterocycles. The molecule has 0 radical (unpaired) electrons. The van der Waals surface area contributed by atoms with Crippen molar-refractivity contribution in [1.29, 1.82) is 0 Å². The molecule has 2 N–H and O–H groups in total. The third-order valence-electron chi connectivity index (χ3n) is 2.61. The van der Waals surface area contributed by atoms with Gasteiger partial charge in [0.1, 0.15) is 6.04 Å². The van der Waals surface area contributed by atoms with Gasteiger partial charge in [0.25, 0.3) is 0 Å². The molecule has 1 aliphatic rings. The number of carbonyl (C=O) groups is 2. The fourth-order valence-electron chi connectivity index (χ4n) is 1.83. The molecular formula is C11H16N2O3. The van der Waals surface area contributed by atoms with Crippen LogP contribution in [0, 0.1) is 12.3 Å². The smallest absolute Gasteiger partial charge is 0.326 e. The summed E-state index contributed by atoms with van der Waals surface area (Å²) in [6.07, 6.45) is 7.30. The number of nitrogens with zero attached hydrogens (tertiary/aromatic N) is 1. The molecule has 0 aliphatic carbocycles. The highest BCUT2D eigenvalue weighted by molar-refractivity contribution is 5.85. The van der Waals surface area contributed by atoms with E-state index in [4.69, 9.17) is 11.5 Å². The van der Waals surface area contributed by atoms with E-state index in [0.29, 0.717) is 19.5 Å². The summed E-state index contributed by atoms with van der Waals surface area (Å²) >= 11 is 0. The number of likely N-dealkylation sites (tertiary alicyclic amines) is 1. The molecule has 1 atom stereocenters. The second-order valence-corrected chi connectivity index (χ2v) is 3.74. The summed E-state index contributed by atoms with van der Waals surface area (Å²) < 4.78 is 0.